The van der Waals surface area contributed by atoms with Gasteiger partial charge in [-0.15, -0.1) is 10.2 Å². The van der Waals surface area contributed by atoms with Crippen molar-refractivity contribution in [1.29, 1.82) is 0 Å². The van der Waals surface area contributed by atoms with Crippen LogP contribution in [-0.2, 0) is 21.2 Å². The van der Waals surface area contributed by atoms with Gasteiger partial charge in [0.15, 0.2) is 0 Å². The van der Waals surface area contributed by atoms with Gasteiger partial charge in [0.2, 0.25) is 0 Å². The van der Waals surface area contributed by atoms with Crippen molar-refractivity contribution in [2.75, 3.05) is 29.8 Å². The molecule has 228 valence electrons. The second-order valence-corrected chi connectivity index (χ2v) is 11.5. The van der Waals surface area contributed by atoms with Crippen LogP contribution >= 0.6 is 0 Å². The Hall–Kier alpha value is -4.85. The molecule has 1 aliphatic heterocycles. The molecule has 1 aliphatic rings. The lowest BCUT2D eigenvalue weighted by atomic mass is 10.00. The molecule has 0 atom stereocenters. The van der Waals surface area contributed by atoms with Crippen LogP contribution in [0.1, 0.15) is 29.3 Å². The predicted octanol–water partition coefficient (Wildman–Crippen LogP) is 7.05. The largest absolute Gasteiger partial charge is 0.516 e. The highest BCUT2D eigenvalue weighted by Crippen LogP contribution is 2.39. The third-order valence-electron chi connectivity index (χ3n) is 6.82. The first kappa shape index (κ1) is 30.6. The summed E-state index contributed by atoms with van der Waals surface area (Å²) in [6.45, 7) is 2.42. The van der Waals surface area contributed by atoms with Gasteiger partial charge in [0.25, 0.3) is 5.95 Å². The van der Waals surface area contributed by atoms with Gasteiger partial charge in [-0.1, -0.05) is 60.7 Å². The number of azo groups is 1. The summed E-state index contributed by atoms with van der Waals surface area (Å²) < 4.78 is 71.0. The van der Waals surface area contributed by atoms with Crippen LogP contribution in [0.5, 0.6) is 0 Å². The molecule has 0 amide bonds. The van der Waals surface area contributed by atoms with Crippen molar-refractivity contribution in [3.05, 3.63) is 83.9 Å². The third kappa shape index (κ3) is 6.39. The van der Waals surface area contributed by atoms with Crippen LogP contribution in [-0.4, -0.2) is 50.1 Å². The van der Waals surface area contributed by atoms with Crippen molar-refractivity contribution in [2.45, 2.75) is 25.3 Å². The molecular weight excluding hydrogens is 597 g/mol. The minimum Gasteiger partial charge on any atom is -0.462 e. The highest BCUT2D eigenvalue weighted by Gasteiger charge is 2.46. The number of fused-ring (bicyclic) bond motifs is 1. The number of hydrogen-bond acceptors (Lipinski definition) is 9. The number of alkyl halides is 3. The number of anilines is 2. The van der Waals surface area contributed by atoms with Crippen LogP contribution in [0.25, 0.3) is 22.5 Å². The molecule has 44 heavy (non-hydrogen) atoms. The summed E-state index contributed by atoms with van der Waals surface area (Å²) >= 11 is 0. The molecule has 3 aromatic carbocycles. The van der Waals surface area contributed by atoms with Gasteiger partial charge >= 0.3 is 21.5 Å². The molecule has 0 radical (unpaired) electrons. The number of hydrogen-bond donors (Lipinski definition) is 1. The molecule has 0 bridgehead atoms. The molecule has 0 aliphatic carbocycles. The molecule has 0 fully saturated rings. The molecule has 1 N–H and O–H groups in total. The average Bonchev–Trinajstić information content (AvgIpc) is 3.00. The summed E-state index contributed by atoms with van der Waals surface area (Å²) in [6, 6.07) is 20.4. The molecule has 10 nitrogen and oxygen atoms in total. The predicted molar refractivity (Wildman–Crippen MR) is 160 cm³/mol. The van der Waals surface area contributed by atoms with Crippen molar-refractivity contribution in [3.63, 3.8) is 0 Å². The maximum Gasteiger partial charge on any atom is 0.516 e. The van der Waals surface area contributed by atoms with Crippen molar-refractivity contribution in [3.8, 4) is 22.5 Å². The Morgan fingerprint density at radius 1 is 0.977 bits per heavy atom. The molecule has 0 saturated carbocycles. The van der Waals surface area contributed by atoms with E-state index in [1.807, 2.05) is 4.90 Å². The third-order valence-corrected chi connectivity index (χ3v) is 7.91. The van der Waals surface area contributed by atoms with Crippen LogP contribution < -0.4 is 9.62 Å². The zero-order chi connectivity index (χ0) is 31.5. The second-order valence-electron chi connectivity index (χ2n) is 9.82. The van der Waals surface area contributed by atoms with Crippen LogP contribution in [0.4, 0.5) is 36.2 Å². The smallest absolute Gasteiger partial charge is 0.462 e. The number of nitrogens with zero attached hydrogens (tertiary/aromatic N) is 5. The fourth-order valence-corrected chi connectivity index (χ4v) is 5.34. The lowest BCUT2D eigenvalue weighted by Gasteiger charge is -2.28. The molecule has 5 rings (SSSR count). The number of esters is 1. The summed E-state index contributed by atoms with van der Waals surface area (Å²) in [5.74, 6) is -0.869. The highest BCUT2D eigenvalue weighted by atomic mass is 32.2. The van der Waals surface area contributed by atoms with Crippen molar-refractivity contribution in [2.24, 2.45) is 10.2 Å². The lowest BCUT2D eigenvalue weighted by molar-refractivity contribution is -0.0429. The Morgan fingerprint density at radius 2 is 1.57 bits per heavy atom. The Morgan fingerprint density at radius 3 is 2.11 bits per heavy atom. The highest BCUT2D eigenvalue weighted by molar-refractivity contribution is 7.93. The van der Waals surface area contributed by atoms with Crippen LogP contribution in [0.3, 0.4) is 0 Å². The number of sulfonamides is 1. The Bertz CT molecular complexity index is 1760. The minimum atomic E-state index is -5.76. The van der Waals surface area contributed by atoms with Gasteiger partial charge in [-0.25, -0.2) is 14.8 Å². The summed E-state index contributed by atoms with van der Waals surface area (Å²) in [6.07, 6.45) is 1.39. The first-order chi connectivity index (χ1) is 21.0. The number of carbonyl (C=O) groups is 1. The van der Waals surface area contributed by atoms with E-state index >= 15 is 0 Å². The van der Waals surface area contributed by atoms with Gasteiger partial charge in [0.05, 0.1) is 23.7 Å². The summed E-state index contributed by atoms with van der Waals surface area (Å²) in [5.41, 5.74) is -3.17. The molecule has 1 aromatic heterocycles. The number of rotatable bonds is 8. The van der Waals surface area contributed by atoms with Crippen molar-refractivity contribution >= 4 is 39.0 Å². The summed E-state index contributed by atoms with van der Waals surface area (Å²) in [5, 5.41) is 8.26. The number of aryl methyl sites for hydroxylation is 1. The molecule has 4 aromatic rings. The second kappa shape index (κ2) is 12.4. The topological polar surface area (TPSA) is 126 Å². The van der Waals surface area contributed by atoms with E-state index < -0.39 is 27.2 Å². The quantitative estimate of drug-likeness (QED) is 0.165. The molecular formula is C30H27F3N6O4S. The van der Waals surface area contributed by atoms with E-state index in [1.54, 1.807) is 79.4 Å². The van der Waals surface area contributed by atoms with Crippen LogP contribution in [0.15, 0.2) is 83.0 Å². The first-order valence-corrected chi connectivity index (χ1v) is 15.1. The van der Waals surface area contributed by atoms with Crippen molar-refractivity contribution in [1.82, 2.24) is 9.97 Å². The van der Waals surface area contributed by atoms with Gasteiger partial charge in [-0.3, -0.25) is 4.72 Å². The number of benzene rings is 3. The molecule has 2 heterocycles. The van der Waals surface area contributed by atoms with Gasteiger partial charge in [-0.05, 0) is 37.5 Å². The lowest BCUT2D eigenvalue weighted by Crippen LogP contribution is -2.30. The number of aromatic nitrogens is 2. The normalized spacial score (nSPS) is 13.5. The maximum atomic E-state index is 13.3. The zero-order valence-corrected chi connectivity index (χ0v) is 24.5. The minimum absolute atomic E-state index is 0.0960. The van der Waals surface area contributed by atoms with E-state index in [9.17, 15) is 26.4 Å². The van der Waals surface area contributed by atoms with E-state index in [-0.39, 0.29) is 35.2 Å². The molecule has 14 heteroatoms. The van der Waals surface area contributed by atoms with Crippen LogP contribution in [0, 0.1) is 0 Å². The molecule has 0 saturated heterocycles. The Balaban J connectivity index is 1.69. The van der Waals surface area contributed by atoms with Gasteiger partial charge in [0, 0.05) is 30.4 Å². The summed E-state index contributed by atoms with van der Waals surface area (Å²) in [7, 11) is -4.00. The number of carbonyl (C=O) groups excluding carboxylic acids is 1. The van der Waals surface area contributed by atoms with E-state index in [4.69, 9.17) is 4.74 Å². The van der Waals surface area contributed by atoms with E-state index in [0.717, 1.165) is 12.0 Å². The fraction of sp³-hybridized carbons (Fsp3) is 0.233. The Kier molecular flexibility index (Phi) is 8.63. The molecule has 0 unspecified atom stereocenters. The van der Waals surface area contributed by atoms with E-state index in [0.29, 0.717) is 29.8 Å². The number of nitrogens with one attached hydrogen (secondary N) is 1. The summed E-state index contributed by atoms with van der Waals surface area (Å²) in [4.78, 5) is 24.0. The fourth-order valence-electron chi connectivity index (χ4n) is 4.77. The standard InChI is InChI=1S/C30H27F3N6O4S/c1-3-43-28(40)25-26(19-11-6-4-7-12-19)34-29(35-27(25)20-13-8-5-9-14-20)37-36-22-17-21-15-10-16-39(2)24(21)18-23(22)38-44(41,42)30(31,32)33/h4-9,11-14,17-18,38H,3,10,15-16H2,1-2H3. The van der Waals surface area contributed by atoms with Crippen LogP contribution in [0.2, 0.25) is 0 Å². The van der Waals surface area contributed by atoms with Gasteiger partial charge in [-0.2, -0.15) is 21.6 Å². The zero-order valence-electron chi connectivity index (χ0n) is 23.7. The molecule has 0 spiro atoms. The van der Waals surface area contributed by atoms with Crippen molar-refractivity contribution < 1.29 is 31.1 Å². The van der Waals surface area contributed by atoms with Gasteiger partial charge < -0.3 is 9.64 Å². The monoisotopic (exact) mass is 624 g/mol. The van der Waals surface area contributed by atoms with Gasteiger partial charge in [0.1, 0.15) is 11.3 Å². The number of halogens is 3. The SMILES string of the molecule is CCOC(=O)c1c(-c2ccccc2)nc(N=Nc2cc3c(cc2NS(=O)(=O)C(F)(F)F)N(C)CCC3)nc1-c1ccccc1. The number of ether oxygens (including phenoxy) is 1. The average molecular weight is 625 g/mol. The van der Waals surface area contributed by atoms with E-state index in [2.05, 4.69) is 20.2 Å². The van der Waals surface area contributed by atoms with E-state index in [1.165, 1.54) is 12.1 Å². The Labute approximate surface area is 251 Å². The maximum absolute atomic E-state index is 13.3. The first-order valence-electron chi connectivity index (χ1n) is 13.6.